The zero-order chi connectivity index (χ0) is 38.7. The molecule has 52 heavy (non-hydrogen) atoms. The van der Waals surface area contributed by atoms with Gasteiger partial charge in [0.05, 0.1) is 25.3 Å². The van der Waals surface area contributed by atoms with E-state index < -0.39 is 66.2 Å². The summed E-state index contributed by atoms with van der Waals surface area (Å²) in [6.07, 6.45) is 1.03. The summed E-state index contributed by atoms with van der Waals surface area (Å²) in [5.41, 5.74) is 0.321. The molecule has 0 radical (unpaired) electrons. The number of carbonyl (C=O) groups is 4. The van der Waals surface area contributed by atoms with Gasteiger partial charge in [-0.15, -0.1) is 0 Å². The van der Waals surface area contributed by atoms with Crippen molar-refractivity contribution in [2.75, 3.05) is 33.2 Å². The van der Waals surface area contributed by atoms with Crippen molar-refractivity contribution in [1.82, 2.24) is 10.2 Å². The van der Waals surface area contributed by atoms with Crippen molar-refractivity contribution in [2.24, 2.45) is 5.92 Å². The lowest BCUT2D eigenvalue weighted by Crippen LogP contribution is -2.63. The molecule has 13 nitrogen and oxygen atoms in total. The number of methoxy groups -OCH3 is 2. The summed E-state index contributed by atoms with van der Waals surface area (Å²) in [6, 6.07) is 2.61. The van der Waals surface area contributed by atoms with Crippen molar-refractivity contribution in [3.05, 3.63) is 46.5 Å². The van der Waals surface area contributed by atoms with Crippen LogP contribution in [0.2, 0.25) is 5.02 Å². The number of amides is 3. The van der Waals surface area contributed by atoms with Crippen molar-refractivity contribution in [1.29, 1.82) is 0 Å². The van der Waals surface area contributed by atoms with E-state index in [-0.39, 0.29) is 34.9 Å². The lowest BCUT2D eigenvalue weighted by molar-refractivity contribution is -0.159. The number of halogens is 1. The van der Waals surface area contributed by atoms with Crippen LogP contribution >= 0.6 is 24.2 Å². The van der Waals surface area contributed by atoms with Gasteiger partial charge in [0.25, 0.3) is 0 Å². The van der Waals surface area contributed by atoms with Crippen LogP contribution in [0, 0.1) is 5.92 Å². The number of allylic oxidation sites excluding steroid dienone is 3. The van der Waals surface area contributed by atoms with E-state index in [0.29, 0.717) is 24.3 Å². The van der Waals surface area contributed by atoms with Crippen LogP contribution in [-0.4, -0.2) is 109 Å². The SMILES string of the molecule is COc1cc2cc(c1Cl)N(C)C(=O)C[C@@H](OC(=O)C(C)N(C)C(=O)CCC(C)(C)S)C1OC1[C@H](C)C1CC(O)(NC(=O)O1)[C@H](OC)/C=C/C=C(\C)C2. The minimum absolute atomic E-state index is 0.0404. The summed E-state index contributed by atoms with van der Waals surface area (Å²) in [7, 11) is 6.02. The van der Waals surface area contributed by atoms with Crippen LogP contribution in [0.1, 0.15) is 65.9 Å². The van der Waals surface area contributed by atoms with Gasteiger partial charge in [-0.05, 0) is 44.4 Å². The molecule has 4 rings (SSSR count). The maximum atomic E-state index is 14.0. The molecule has 8 atom stereocenters. The number of carbonyl (C=O) groups excluding carboxylic acids is 4. The fraction of sp³-hybridized carbons (Fsp3) is 0.622. The number of anilines is 1. The Kier molecular flexibility index (Phi) is 13.4. The van der Waals surface area contributed by atoms with Gasteiger partial charge in [-0.2, -0.15) is 12.6 Å². The zero-order valence-electron chi connectivity index (χ0n) is 31.3. The van der Waals surface area contributed by atoms with Gasteiger partial charge in [-0.25, -0.2) is 9.59 Å². The quantitative estimate of drug-likeness (QED) is 0.194. The second-order valence-corrected chi connectivity index (χ2v) is 16.2. The summed E-state index contributed by atoms with van der Waals surface area (Å²) in [5, 5.41) is 14.4. The van der Waals surface area contributed by atoms with Crippen LogP contribution in [0.3, 0.4) is 0 Å². The summed E-state index contributed by atoms with van der Waals surface area (Å²) < 4.78 is 28.5. The van der Waals surface area contributed by atoms with Crippen molar-refractivity contribution in [3.8, 4) is 5.75 Å². The second kappa shape index (κ2) is 16.8. The lowest BCUT2D eigenvalue weighted by atomic mass is 9.87. The van der Waals surface area contributed by atoms with Crippen molar-refractivity contribution in [2.45, 2.75) is 114 Å². The van der Waals surface area contributed by atoms with Gasteiger partial charge in [-0.3, -0.25) is 14.9 Å². The third-order valence-electron chi connectivity index (χ3n) is 9.94. The van der Waals surface area contributed by atoms with Gasteiger partial charge < -0.3 is 38.6 Å². The number of rotatable bonds is 8. The Balaban J connectivity index is 1.70. The molecule has 0 aliphatic carbocycles. The Bertz CT molecular complexity index is 1580. The summed E-state index contributed by atoms with van der Waals surface area (Å²) in [5.74, 6) is -1.52. The van der Waals surface area contributed by atoms with Crippen LogP contribution in [0.25, 0.3) is 0 Å². The van der Waals surface area contributed by atoms with E-state index in [1.807, 2.05) is 26.8 Å². The third-order valence-corrected chi connectivity index (χ3v) is 10.5. The molecule has 5 unspecified atom stereocenters. The summed E-state index contributed by atoms with van der Waals surface area (Å²) in [4.78, 5) is 56.0. The number of thiol groups is 1. The fourth-order valence-corrected chi connectivity index (χ4v) is 6.87. The maximum absolute atomic E-state index is 14.0. The predicted octanol–water partition coefficient (Wildman–Crippen LogP) is 4.61. The molecule has 2 saturated heterocycles. The van der Waals surface area contributed by atoms with E-state index in [1.54, 1.807) is 45.2 Å². The maximum Gasteiger partial charge on any atom is 0.409 e. The van der Waals surface area contributed by atoms with Crippen LogP contribution < -0.4 is 15.0 Å². The molecule has 3 aliphatic heterocycles. The average Bonchev–Trinajstić information content (AvgIpc) is 3.87. The average molecular weight is 766 g/mol. The topological polar surface area (TPSA) is 156 Å². The minimum Gasteiger partial charge on any atom is -0.495 e. The molecule has 3 aliphatic rings. The molecule has 0 aromatic heterocycles. The van der Waals surface area contributed by atoms with E-state index in [4.69, 9.17) is 35.3 Å². The molecular formula is C37H52ClN3O10S. The number of epoxide rings is 1. The number of benzene rings is 1. The Hall–Kier alpha value is -3.30. The molecule has 1 aromatic rings. The molecule has 0 spiro atoms. The monoisotopic (exact) mass is 765 g/mol. The largest absolute Gasteiger partial charge is 0.495 e. The van der Waals surface area contributed by atoms with Crippen molar-refractivity contribution >= 4 is 53.8 Å². The van der Waals surface area contributed by atoms with Gasteiger partial charge in [0.2, 0.25) is 11.8 Å². The highest BCUT2D eigenvalue weighted by atomic mass is 35.5. The first-order valence-corrected chi connectivity index (χ1v) is 18.2. The normalized spacial score (nSPS) is 30.5. The first-order chi connectivity index (χ1) is 24.3. The van der Waals surface area contributed by atoms with E-state index in [9.17, 15) is 24.3 Å². The lowest BCUT2D eigenvalue weighted by Gasteiger charge is -2.41. The molecule has 0 saturated carbocycles. The molecule has 1 aromatic carbocycles. The Morgan fingerprint density at radius 3 is 2.58 bits per heavy atom. The fourth-order valence-electron chi connectivity index (χ4n) is 6.44. The number of likely N-dealkylation sites (N-methyl/N-ethyl adjacent to an activating group) is 1. The number of nitrogens with zero attached hydrogens (tertiary/aromatic N) is 2. The number of fused-ring (bicyclic) bond motifs is 5. The molecule has 4 bridgehead atoms. The molecular weight excluding hydrogens is 714 g/mol. The number of esters is 1. The highest BCUT2D eigenvalue weighted by Crippen LogP contribution is 2.41. The molecule has 15 heteroatoms. The highest BCUT2D eigenvalue weighted by molar-refractivity contribution is 7.81. The Morgan fingerprint density at radius 1 is 1.25 bits per heavy atom. The number of aliphatic hydroxyl groups is 1. The van der Waals surface area contributed by atoms with Gasteiger partial charge in [0.15, 0.2) is 5.72 Å². The first kappa shape index (κ1) is 41.5. The number of hydrogen-bond donors (Lipinski definition) is 3. The third kappa shape index (κ3) is 10.0. The van der Waals surface area contributed by atoms with Crippen LogP contribution in [0.4, 0.5) is 10.5 Å². The Labute approximate surface area is 316 Å². The summed E-state index contributed by atoms with van der Waals surface area (Å²) >= 11 is 11.2. The molecule has 288 valence electrons. The summed E-state index contributed by atoms with van der Waals surface area (Å²) in [6.45, 7) is 9.08. The van der Waals surface area contributed by atoms with Crippen molar-refractivity contribution < 1.29 is 48.0 Å². The number of ether oxygens (including phenoxy) is 5. The van der Waals surface area contributed by atoms with Gasteiger partial charge >= 0.3 is 12.1 Å². The van der Waals surface area contributed by atoms with Crippen LogP contribution in [0.5, 0.6) is 5.75 Å². The standard InChI is InChI=1S/C37H52ClN3O10S/c1-20-11-10-12-28(48-9)37(46)19-27(50-35(45)39-37)21(2)32-33(51-32)26(49-34(44)22(3)40(6)29(42)13-14-36(4,5)52)18-30(43)41(7)24-16-23(15-20)17-25(47-8)31(24)38/h10-12,16-17,21-22,26-28,32-33,46,52H,13-15,18-19H2,1-9H3,(H,39,45)/b12-10+,20-11+/t21-,22?,26-,27?,28-,32?,33?,37?/m1/s1. The van der Waals surface area contributed by atoms with Crippen LogP contribution in [0.15, 0.2) is 35.9 Å². The van der Waals surface area contributed by atoms with Crippen molar-refractivity contribution in [3.63, 3.8) is 0 Å². The second-order valence-electron chi connectivity index (χ2n) is 14.6. The van der Waals surface area contributed by atoms with E-state index in [1.165, 1.54) is 31.1 Å². The Morgan fingerprint density at radius 2 is 1.94 bits per heavy atom. The highest BCUT2D eigenvalue weighted by Gasteiger charge is 2.56. The first-order valence-electron chi connectivity index (χ1n) is 17.3. The molecule has 2 fully saturated rings. The molecule has 2 N–H and O–H groups in total. The minimum atomic E-state index is -1.81. The zero-order valence-corrected chi connectivity index (χ0v) is 33.0. The molecule has 3 amide bonds. The van der Waals surface area contributed by atoms with Crippen LogP contribution in [-0.2, 0) is 39.8 Å². The predicted molar refractivity (Wildman–Crippen MR) is 199 cm³/mol. The number of hydrogen-bond acceptors (Lipinski definition) is 11. The van der Waals surface area contributed by atoms with E-state index in [0.717, 1.165) is 11.1 Å². The smallest absolute Gasteiger partial charge is 0.409 e. The number of nitrogens with one attached hydrogen (secondary N) is 1. The van der Waals surface area contributed by atoms with E-state index in [2.05, 4.69) is 17.9 Å². The molecule has 3 heterocycles. The van der Waals surface area contributed by atoms with E-state index >= 15 is 0 Å². The van der Waals surface area contributed by atoms with Gasteiger partial charge in [-0.1, -0.05) is 56.2 Å². The number of alkyl carbamates (subject to hydrolysis) is 1. The van der Waals surface area contributed by atoms with Gasteiger partial charge in [0.1, 0.15) is 41.2 Å². The van der Waals surface area contributed by atoms with Gasteiger partial charge in [0, 0.05) is 44.7 Å².